The number of nitrogens with zero attached hydrogens (tertiary/aromatic N) is 4. The molecule has 1 amide bonds. The smallest absolute Gasteiger partial charge is 0.308 e. The zero-order chi connectivity index (χ0) is 19.8. The average molecular weight is 378 g/mol. The van der Waals surface area contributed by atoms with Gasteiger partial charge in [0.1, 0.15) is 0 Å². The van der Waals surface area contributed by atoms with Crippen LogP contribution in [-0.2, 0) is 4.79 Å². The molecule has 0 spiro atoms. The molecule has 3 heterocycles. The molecule has 1 saturated heterocycles. The number of pyridine rings is 1. The number of rotatable bonds is 4. The molecule has 144 valence electrons. The van der Waals surface area contributed by atoms with Gasteiger partial charge in [-0.1, -0.05) is 30.3 Å². The van der Waals surface area contributed by atoms with Crippen molar-refractivity contribution in [1.82, 2.24) is 19.7 Å². The maximum Gasteiger partial charge on any atom is 0.308 e. The van der Waals surface area contributed by atoms with Crippen molar-refractivity contribution in [3.63, 3.8) is 0 Å². The fourth-order valence-corrected chi connectivity index (χ4v) is 3.88. The number of amides is 1. The average Bonchev–Trinajstić information content (AvgIpc) is 3.32. The molecule has 0 bridgehead atoms. The number of likely N-dealkylation sites (tertiary alicyclic amines) is 1. The van der Waals surface area contributed by atoms with Crippen LogP contribution in [0.15, 0.2) is 48.8 Å². The second-order valence-electron chi connectivity index (χ2n) is 7.49. The van der Waals surface area contributed by atoms with Gasteiger partial charge in [-0.05, 0) is 25.5 Å². The van der Waals surface area contributed by atoms with Crippen LogP contribution in [0.25, 0.3) is 11.0 Å². The van der Waals surface area contributed by atoms with Gasteiger partial charge >= 0.3 is 5.97 Å². The fraction of sp³-hybridized carbons (Fsp3) is 0.333. The number of aliphatic carboxylic acids is 1. The highest BCUT2D eigenvalue weighted by Crippen LogP contribution is 2.33. The SMILES string of the molecule is CC(C)n1ncc2cc(C(=O)N3C[C@H](C(=O)O)[C@H](c4ccccc4)C3)cnc21. The maximum atomic E-state index is 13.0. The molecule has 7 heteroatoms. The summed E-state index contributed by atoms with van der Waals surface area (Å²) in [5, 5.41) is 14.8. The lowest BCUT2D eigenvalue weighted by atomic mass is 9.89. The third-order valence-corrected chi connectivity index (χ3v) is 5.32. The van der Waals surface area contributed by atoms with Gasteiger partial charge in [0.25, 0.3) is 5.91 Å². The second kappa shape index (κ2) is 7.07. The Hall–Kier alpha value is -3.22. The number of benzene rings is 1. The zero-order valence-corrected chi connectivity index (χ0v) is 15.8. The molecule has 1 fully saturated rings. The van der Waals surface area contributed by atoms with Crippen molar-refractivity contribution in [2.45, 2.75) is 25.8 Å². The lowest BCUT2D eigenvalue weighted by molar-refractivity contribution is -0.141. The number of hydrogen-bond acceptors (Lipinski definition) is 4. The van der Waals surface area contributed by atoms with E-state index in [0.717, 1.165) is 16.6 Å². The summed E-state index contributed by atoms with van der Waals surface area (Å²) in [6, 6.07) is 11.5. The van der Waals surface area contributed by atoms with E-state index in [1.54, 1.807) is 23.4 Å². The van der Waals surface area contributed by atoms with E-state index in [-0.39, 0.29) is 24.4 Å². The Morgan fingerprint density at radius 1 is 1.14 bits per heavy atom. The molecule has 0 aliphatic carbocycles. The summed E-state index contributed by atoms with van der Waals surface area (Å²) < 4.78 is 1.81. The summed E-state index contributed by atoms with van der Waals surface area (Å²) in [5.41, 5.74) is 2.13. The first-order valence-electron chi connectivity index (χ1n) is 9.36. The van der Waals surface area contributed by atoms with Crippen LogP contribution in [-0.4, -0.2) is 49.7 Å². The Morgan fingerprint density at radius 3 is 2.57 bits per heavy atom. The molecular weight excluding hydrogens is 356 g/mol. The zero-order valence-electron chi connectivity index (χ0n) is 15.8. The predicted molar refractivity (Wildman–Crippen MR) is 104 cm³/mol. The quantitative estimate of drug-likeness (QED) is 0.754. The Kier molecular flexibility index (Phi) is 4.58. The third kappa shape index (κ3) is 3.13. The first-order chi connectivity index (χ1) is 13.5. The number of carboxylic acid groups (broad SMARTS) is 1. The minimum atomic E-state index is -0.879. The lowest BCUT2D eigenvalue weighted by Gasteiger charge is -2.16. The van der Waals surface area contributed by atoms with Crippen LogP contribution in [0.1, 0.15) is 41.7 Å². The van der Waals surface area contributed by atoms with Gasteiger partial charge in [0.05, 0.1) is 17.7 Å². The van der Waals surface area contributed by atoms with Crippen LogP contribution in [0.3, 0.4) is 0 Å². The van der Waals surface area contributed by atoms with E-state index in [2.05, 4.69) is 10.1 Å². The molecule has 28 heavy (non-hydrogen) atoms. The molecule has 0 radical (unpaired) electrons. The molecule has 0 saturated carbocycles. The van der Waals surface area contributed by atoms with E-state index < -0.39 is 11.9 Å². The summed E-state index contributed by atoms with van der Waals surface area (Å²) in [6.45, 7) is 4.61. The predicted octanol–water partition coefficient (Wildman–Crippen LogP) is 2.95. The van der Waals surface area contributed by atoms with Crippen molar-refractivity contribution in [1.29, 1.82) is 0 Å². The normalized spacial score (nSPS) is 19.5. The first-order valence-corrected chi connectivity index (χ1v) is 9.36. The highest BCUT2D eigenvalue weighted by atomic mass is 16.4. The number of carboxylic acids is 1. The van der Waals surface area contributed by atoms with E-state index in [1.165, 1.54) is 0 Å². The molecule has 7 nitrogen and oxygen atoms in total. The molecule has 1 aliphatic heterocycles. The molecule has 4 rings (SSSR count). The molecule has 3 aromatic rings. The van der Waals surface area contributed by atoms with Gasteiger partial charge in [-0.25, -0.2) is 9.67 Å². The second-order valence-corrected chi connectivity index (χ2v) is 7.49. The highest BCUT2D eigenvalue weighted by Gasteiger charge is 2.40. The van der Waals surface area contributed by atoms with Crippen molar-refractivity contribution in [2.24, 2.45) is 5.92 Å². The Bertz CT molecular complexity index is 1030. The molecule has 2 aromatic heterocycles. The summed E-state index contributed by atoms with van der Waals surface area (Å²) in [7, 11) is 0. The fourth-order valence-electron chi connectivity index (χ4n) is 3.88. The van der Waals surface area contributed by atoms with E-state index in [1.807, 2.05) is 48.9 Å². The lowest BCUT2D eigenvalue weighted by Crippen LogP contribution is -2.30. The van der Waals surface area contributed by atoms with E-state index in [9.17, 15) is 14.7 Å². The standard InChI is InChI=1S/C21H22N4O3/c1-13(2)25-19-15(10-23-25)8-16(9-22-19)20(26)24-11-17(18(12-24)21(27)28)14-6-4-3-5-7-14/h3-10,13,17-18H,11-12H2,1-2H3,(H,27,28)/t17-,18-/m0/s1. The monoisotopic (exact) mass is 378 g/mol. The first kappa shape index (κ1) is 18.2. The molecule has 1 aromatic carbocycles. The number of carbonyl (C=O) groups is 2. The minimum Gasteiger partial charge on any atom is -0.481 e. The van der Waals surface area contributed by atoms with Gasteiger partial charge in [-0.15, -0.1) is 0 Å². The summed E-state index contributed by atoms with van der Waals surface area (Å²) >= 11 is 0. The van der Waals surface area contributed by atoms with E-state index >= 15 is 0 Å². The Labute approximate surface area is 162 Å². The van der Waals surface area contributed by atoms with Crippen LogP contribution in [0.5, 0.6) is 0 Å². The maximum absolute atomic E-state index is 13.0. The Morgan fingerprint density at radius 2 is 1.89 bits per heavy atom. The summed E-state index contributed by atoms with van der Waals surface area (Å²) in [4.78, 5) is 30.9. The van der Waals surface area contributed by atoms with E-state index in [4.69, 9.17) is 0 Å². The van der Waals surface area contributed by atoms with Crippen LogP contribution >= 0.6 is 0 Å². The van der Waals surface area contributed by atoms with Crippen LogP contribution in [0.4, 0.5) is 0 Å². The van der Waals surface area contributed by atoms with Crippen molar-refractivity contribution >= 4 is 22.9 Å². The summed E-state index contributed by atoms with van der Waals surface area (Å²) in [6.07, 6.45) is 3.26. The number of aromatic nitrogens is 3. The van der Waals surface area contributed by atoms with Gasteiger partial charge in [0.15, 0.2) is 5.65 Å². The highest BCUT2D eigenvalue weighted by molar-refractivity contribution is 5.97. The van der Waals surface area contributed by atoms with Crippen LogP contribution in [0, 0.1) is 5.92 Å². The Balaban J connectivity index is 1.61. The molecule has 0 unspecified atom stereocenters. The van der Waals surface area contributed by atoms with Gasteiger partial charge in [0.2, 0.25) is 0 Å². The van der Waals surface area contributed by atoms with Gasteiger partial charge in [-0.2, -0.15) is 5.10 Å². The number of hydrogen-bond donors (Lipinski definition) is 1. The van der Waals surface area contributed by atoms with Gasteiger partial charge < -0.3 is 10.0 Å². The van der Waals surface area contributed by atoms with Crippen molar-refractivity contribution < 1.29 is 14.7 Å². The van der Waals surface area contributed by atoms with Crippen LogP contribution < -0.4 is 0 Å². The molecular formula is C21H22N4O3. The number of carbonyl (C=O) groups excluding carboxylic acids is 1. The van der Waals surface area contributed by atoms with Crippen molar-refractivity contribution in [2.75, 3.05) is 13.1 Å². The van der Waals surface area contributed by atoms with Gasteiger partial charge in [0, 0.05) is 36.6 Å². The minimum absolute atomic E-state index is 0.174. The number of fused-ring (bicyclic) bond motifs is 1. The topological polar surface area (TPSA) is 88.3 Å². The van der Waals surface area contributed by atoms with Crippen molar-refractivity contribution in [3.8, 4) is 0 Å². The van der Waals surface area contributed by atoms with Crippen LogP contribution in [0.2, 0.25) is 0 Å². The van der Waals surface area contributed by atoms with Crippen molar-refractivity contribution in [3.05, 3.63) is 59.9 Å². The molecule has 1 N–H and O–H groups in total. The van der Waals surface area contributed by atoms with E-state index in [0.29, 0.717) is 12.1 Å². The molecule has 2 atom stereocenters. The summed E-state index contributed by atoms with van der Waals surface area (Å²) in [5.74, 6) is -1.91. The third-order valence-electron chi connectivity index (χ3n) is 5.32. The van der Waals surface area contributed by atoms with Gasteiger partial charge in [-0.3, -0.25) is 9.59 Å². The molecule has 1 aliphatic rings. The largest absolute Gasteiger partial charge is 0.481 e.